The Kier molecular flexibility index (Phi) is 3.97. The third kappa shape index (κ3) is 3.05. The molecule has 19 heavy (non-hydrogen) atoms. The highest BCUT2D eigenvalue weighted by molar-refractivity contribution is 7.89. The molecule has 4 nitrogen and oxygen atoms in total. The first-order valence-electron chi connectivity index (χ1n) is 5.98. The van der Waals surface area contributed by atoms with Gasteiger partial charge in [0.15, 0.2) is 0 Å². The van der Waals surface area contributed by atoms with Crippen LogP contribution in [-0.4, -0.2) is 16.5 Å². The van der Waals surface area contributed by atoms with Gasteiger partial charge >= 0.3 is 0 Å². The van der Waals surface area contributed by atoms with Crippen LogP contribution < -0.4 is 10.3 Å². The first kappa shape index (κ1) is 15.9. The first-order valence-corrected chi connectivity index (χ1v) is 10.5. The molecule has 0 spiro atoms. The number of nitrogens with zero attached hydrogens (tertiary/aromatic N) is 1. The second-order valence-corrected chi connectivity index (χ2v) is 13.1. The van der Waals surface area contributed by atoms with Crippen molar-refractivity contribution >= 4 is 23.3 Å². The maximum atomic E-state index is 11.7. The highest BCUT2D eigenvalue weighted by atomic mass is 32.2. The van der Waals surface area contributed by atoms with Crippen LogP contribution in [0.25, 0.3) is 0 Å². The summed E-state index contributed by atoms with van der Waals surface area (Å²) < 4.78 is 23.5. The molecule has 0 saturated heterocycles. The van der Waals surface area contributed by atoms with E-state index >= 15 is 0 Å². The summed E-state index contributed by atoms with van der Waals surface area (Å²) >= 11 is 0. The number of hydrogen-bond donors (Lipinski definition) is 1. The highest BCUT2D eigenvalue weighted by Gasteiger charge is 2.40. The van der Waals surface area contributed by atoms with Crippen LogP contribution >= 0.6 is 0 Å². The van der Waals surface area contributed by atoms with Crippen LogP contribution in [0.3, 0.4) is 0 Å². The summed E-state index contributed by atoms with van der Waals surface area (Å²) in [6, 6.07) is 6.68. The Balaban J connectivity index is 3.71. The second kappa shape index (κ2) is 4.74. The SMILES string of the molecule is CC(C)(C)[Si](C)(C)c1cc(C#N)ccc1S(N)(=O)=O. The molecule has 0 aliphatic carbocycles. The number of benzene rings is 1. The molecule has 0 aromatic heterocycles. The highest BCUT2D eigenvalue weighted by Crippen LogP contribution is 2.36. The van der Waals surface area contributed by atoms with E-state index in [1.807, 2.05) is 0 Å². The zero-order valence-electron chi connectivity index (χ0n) is 12.0. The molecule has 0 saturated carbocycles. The number of hydrogen-bond acceptors (Lipinski definition) is 3. The lowest BCUT2D eigenvalue weighted by atomic mass is 10.2. The fraction of sp³-hybridized carbons (Fsp3) is 0.462. The molecule has 2 N–H and O–H groups in total. The largest absolute Gasteiger partial charge is 0.237 e. The summed E-state index contributed by atoms with van der Waals surface area (Å²) in [5, 5.41) is 15.0. The van der Waals surface area contributed by atoms with E-state index in [1.54, 1.807) is 6.07 Å². The summed E-state index contributed by atoms with van der Waals surface area (Å²) in [5.74, 6) is 0. The average Bonchev–Trinajstić information content (AvgIpc) is 2.25. The third-order valence-corrected chi connectivity index (χ3v) is 10.6. The Morgan fingerprint density at radius 3 is 2.16 bits per heavy atom. The molecule has 0 heterocycles. The van der Waals surface area contributed by atoms with Gasteiger partial charge in [-0.2, -0.15) is 5.26 Å². The average molecular weight is 296 g/mol. The molecule has 0 atom stereocenters. The van der Waals surface area contributed by atoms with Gasteiger partial charge in [0, 0.05) is 0 Å². The van der Waals surface area contributed by atoms with Crippen molar-refractivity contribution in [3.05, 3.63) is 23.8 Å². The lowest BCUT2D eigenvalue weighted by Gasteiger charge is -2.38. The number of nitrogens with two attached hydrogens (primary N) is 1. The molecule has 104 valence electrons. The molecule has 1 rings (SSSR count). The van der Waals surface area contributed by atoms with Crippen molar-refractivity contribution in [1.82, 2.24) is 0 Å². The molecule has 0 amide bonds. The van der Waals surface area contributed by atoms with Crippen LogP contribution in [0, 0.1) is 11.3 Å². The number of sulfonamides is 1. The van der Waals surface area contributed by atoms with Gasteiger partial charge in [-0.05, 0) is 28.4 Å². The summed E-state index contributed by atoms with van der Waals surface area (Å²) in [6.45, 7) is 10.5. The van der Waals surface area contributed by atoms with Crippen molar-refractivity contribution in [2.24, 2.45) is 5.14 Å². The zero-order valence-corrected chi connectivity index (χ0v) is 13.8. The minimum atomic E-state index is -3.78. The first-order chi connectivity index (χ1) is 8.41. The molecule has 0 bridgehead atoms. The Morgan fingerprint density at radius 2 is 1.79 bits per heavy atom. The van der Waals surface area contributed by atoms with Crippen LogP contribution in [0.5, 0.6) is 0 Å². The lowest BCUT2D eigenvalue weighted by Crippen LogP contribution is -2.51. The minimum Gasteiger partial charge on any atom is -0.225 e. The van der Waals surface area contributed by atoms with Crippen molar-refractivity contribution in [3.8, 4) is 6.07 Å². The summed E-state index contributed by atoms with van der Waals surface area (Å²) in [5.41, 5.74) is 0.465. The molecular weight excluding hydrogens is 276 g/mol. The minimum absolute atomic E-state index is 0.0412. The van der Waals surface area contributed by atoms with Gasteiger partial charge in [-0.25, -0.2) is 13.6 Å². The van der Waals surface area contributed by atoms with Crippen molar-refractivity contribution in [3.63, 3.8) is 0 Å². The number of primary sulfonamides is 1. The quantitative estimate of drug-likeness (QED) is 0.846. The molecule has 0 aliphatic heterocycles. The van der Waals surface area contributed by atoms with Gasteiger partial charge in [-0.3, -0.25) is 0 Å². The van der Waals surface area contributed by atoms with E-state index in [4.69, 9.17) is 10.4 Å². The monoisotopic (exact) mass is 296 g/mol. The molecule has 0 unspecified atom stereocenters. The van der Waals surface area contributed by atoms with E-state index in [0.29, 0.717) is 5.56 Å². The van der Waals surface area contributed by atoms with Crippen LogP contribution in [-0.2, 0) is 10.0 Å². The molecule has 1 aromatic carbocycles. The standard InChI is InChI=1S/C13H20N2O2SSi/c1-13(2,3)19(4,5)12-8-10(9-14)6-7-11(12)18(15,16)17/h6-8H,1-5H3,(H2,15,16,17). The predicted molar refractivity (Wildman–Crippen MR) is 79.4 cm³/mol. The summed E-state index contributed by atoms with van der Waals surface area (Å²) in [7, 11) is -5.87. The van der Waals surface area contributed by atoms with Gasteiger partial charge in [-0.1, -0.05) is 33.9 Å². The molecule has 0 radical (unpaired) electrons. The van der Waals surface area contributed by atoms with E-state index < -0.39 is 18.1 Å². The van der Waals surface area contributed by atoms with E-state index in [0.717, 1.165) is 5.19 Å². The summed E-state index contributed by atoms with van der Waals surface area (Å²) in [6.07, 6.45) is 0. The van der Waals surface area contributed by atoms with Crippen molar-refractivity contribution in [1.29, 1.82) is 5.26 Å². The second-order valence-electron chi connectivity index (χ2n) is 6.24. The Bertz CT molecular complexity index is 638. The van der Waals surface area contributed by atoms with Gasteiger partial charge in [0.05, 0.1) is 24.6 Å². The van der Waals surface area contributed by atoms with Gasteiger partial charge < -0.3 is 0 Å². The van der Waals surface area contributed by atoms with E-state index in [2.05, 4.69) is 39.9 Å². The van der Waals surface area contributed by atoms with E-state index in [1.165, 1.54) is 12.1 Å². The molecular formula is C13H20N2O2SSi. The summed E-state index contributed by atoms with van der Waals surface area (Å²) in [4.78, 5) is 0.151. The molecule has 1 aromatic rings. The topological polar surface area (TPSA) is 83.9 Å². The lowest BCUT2D eigenvalue weighted by molar-refractivity contribution is 0.598. The van der Waals surface area contributed by atoms with Crippen LogP contribution in [0.15, 0.2) is 23.1 Å². The third-order valence-electron chi connectivity index (χ3n) is 3.96. The van der Waals surface area contributed by atoms with E-state index in [-0.39, 0.29) is 9.93 Å². The van der Waals surface area contributed by atoms with Crippen molar-refractivity contribution in [2.75, 3.05) is 0 Å². The van der Waals surface area contributed by atoms with Gasteiger partial charge in [0.1, 0.15) is 0 Å². The number of nitriles is 1. The smallest absolute Gasteiger partial charge is 0.225 e. The number of rotatable bonds is 2. The van der Waals surface area contributed by atoms with Gasteiger partial charge in [0.25, 0.3) is 0 Å². The Morgan fingerprint density at radius 1 is 1.26 bits per heavy atom. The zero-order chi connectivity index (χ0) is 15.1. The fourth-order valence-electron chi connectivity index (χ4n) is 1.74. The predicted octanol–water partition coefficient (Wildman–Crippen LogP) is 1.92. The van der Waals surface area contributed by atoms with Crippen molar-refractivity contribution in [2.45, 2.75) is 43.8 Å². The van der Waals surface area contributed by atoms with Crippen LogP contribution in [0.2, 0.25) is 18.1 Å². The van der Waals surface area contributed by atoms with Gasteiger partial charge in [0.2, 0.25) is 10.0 Å². The Hall–Kier alpha value is -1.16. The normalized spacial score (nSPS) is 13.1. The Labute approximate surface area is 116 Å². The van der Waals surface area contributed by atoms with Crippen LogP contribution in [0.4, 0.5) is 0 Å². The van der Waals surface area contributed by atoms with Crippen LogP contribution in [0.1, 0.15) is 26.3 Å². The molecule has 0 aliphatic rings. The molecule has 6 heteroatoms. The molecule has 0 fully saturated rings. The maximum Gasteiger partial charge on any atom is 0.237 e. The van der Waals surface area contributed by atoms with E-state index in [9.17, 15) is 8.42 Å². The maximum absolute atomic E-state index is 11.7. The van der Waals surface area contributed by atoms with Crippen molar-refractivity contribution < 1.29 is 8.42 Å². The fourth-order valence-corrected chi connectivity index (χ4v) is 5.58. The van der Waals surface area contributed by atoms with Gasteiger partial charge in [-0.15, -0.1) is 0 Å².